The number of carbonyl (C=O) groups excluding carboxylic acids is 2. The third kappa shape index (κ3) is 3.85. The van der Waals surface area contributed by atoms with Crippen LogP contribution in [0.25, 0.3) is 0 Å². The number of aliphatic hydroxyl groups is 1. The summed E-state index contributed by atoms with van der Waals surface area (Å²) in [6.07, 6.45) is 3.35. The number of hydrogen-bond acceptors (Lipinski definition) is 5. The second kappa shape index (κ2) is 9.04. The maximum atomic E-state index is 14.3. The maximum absolute atomic E-state index is 14.3. The standard InChI is InChI=1S/C26H34N2O5S/c1-5-13-27(25(2,3)4)23(31)21-26-12-11-18(34-26)19(24(32)33)20(26)22(30)28(21)17(15-29)14-16-9-7-6-8-10-16/h5-10,17-21,29H,1,11-15H2,2-4H3,(H,32,33)/t17-,18+,19-,20+,21?,26?/m1/s1. The predicted molar refractivity (Wildman–Crippen MR) is 131 cm³/mol. The number of rotatable bonds is 8. The molecule has 3 aliphatic heterocycles. The van der Waals surface area contributed by atoms with E-state index in [4.69, 9.17) is 0 Å². The van der Waals surface area contributed by atoms with Crippen LogP contribution in [0, 0.1) is 11.8 Å². The zero-order valence-electron chi connectivity index (χ0n) is 20.0. The van der Waals surface area contributed by atoms with Gasteiger partial charge in [-0.2, -0.15) is 0 Å². The molecule has 3 aliphatic rings. The van der Waals surface area contributed by atoms with Crippen molar-refractivity contribution in [2.75, 3.05) is 13.2 Å². The molecule has 3 fully saturated rings. The van der Waals surface area contributed by atoms with Gasteiger partial charge in [0.2, 0.25) is 11.8 Å². The highest BCUT2D eigenvalue weighted by Gasteiger charge is 2.74. The lowest BCUT2D eigenvalue weighted by atomic mass is 9.71. The zero-order valence-corrected chi connectivity index (χ0v) is 20.8. The van der Waals surface area contributed by atoms with E-state index in [0.29, 0.717) is 25.8 Å². The van der Waals surface area contributed by atoms with Crippen molar-refractivity contribution in [3.8, 4) is 0 Å². The molecule has 0 aliphatic carbocycles. The van der Waals surface area contributed by atoms with E-state index in [2.05, 4.69) is 6.58 Å². The lowest BCUT2D eigenvalue weighted by molar-refractivity contribution is -0.150. The molecule has 2 amide bonds. The summed E-state index contributed by atoms with van der Waals surface area (Å²) in [5.74, 6) is -3.08. The fourth-order valence-electron chi connectivity index (χ4n) is 6.15. The SMILES string of the molecule is C=CCN(C(=O)C1N([C@@H](CO)Cc2ccccc2)C(=O)[C@@H]2[C@H](C(=O)O)[C@@H]3CCC12S3)C(C)(C)C. The van der Waals surface area contributed by atoms with Crippen LogP contribution in [0.5, 0.6) is 0 Å². The summed E-state index contributed by atoms with van der Waals surface area (Å²) in [7, 11) is 0. The van der Waals surface area contributed by atoms with Crippen LogP contribution in [0.3, 0.4) is 0 Å². The molecule has 0 radical (unpaired) electrons. The Bertz CT molecular complexity index is 977. The van der Waals surface area contributed by atoms with E-state index in [1.165, 1.54) is 11.8 Å². The van der Waals surface area contributed by atoms with Crippen LogP contribution in [-0.2, 0) is 20.8 Å². The number of carbonyl (C=O) groups is 3. The number of carboxylic acid groups (broad SMARTS) is 1. The molecule has 0 saturated carbocycles. The number of aliphatic carboxylic acids is 1. The van der Waals surface area contributed by atoms with Gasteiger partial charge in [0.25, 0.3) is 0 Å². The maximum Gasteiger partial charge on any atom is 0.308 e. The first-order valence-electron chi connectivity index (χ1n) is 11.9. The van der Waals surface area contributed by atoms with Crippen molar-refractivity contribution in [2.24, 2.45) is 11.8 Å². The fourth-order valence-corrected chi connectivity index (χ4v) is 8.35. The van der Waals surface area contributed by atoms with Crippen LogP contribution >= 0.6 is 11.8 Å². The van der Waals surface area contributed by atoms with Crippen molar-refractivity contribution in [3.05, 3.63) is 48.6 Å². The highest BCUT2D eigenvalue weighted by Crippen LogP contribution is 2.66. The van der Waals surface area contributed by atoms with Gasteiger partial charge in [-0.15, -0.1) is 18.3 Å². The van der Waals surface area contributed by atoms with Crippen LogP contribution in [0.15, 0.2) is 43.0 Å². The second-order valence-electron chi connectivity index (χ2n) is 10.6. The topological polar surface area (TPSA) is 98.2 Å². The smallest absolute Gasteiger partial charge is 0.308 e. The number of carboxylic acids is 1. The summed E-state index contributed by atoms with van der Waals surface area (Å²) in [5, 5.41) is 20.3. The summed E-state index contributed by atoms with van der Waals surface area (Å²) in [6.45, 7) is 9.65. The normalized spacial score (nSPS) is 30.8. The molecule has 3 heterocycles. The van der Waals surface area contributed by atoms with Crippen LogP contribution in [0.4, 0.5) is 0 Å². The molecule has 2 bridgehead atoms. The first-order chi connectivity index (χ1) is 16.1. The molecular formula is C26H34N2O5S. The lowest BCUT2D eigenvalue weighted by Gasteiger charge is -2.43. The number of fused-ring (bicyclic) bond motifs is 1. The average molecular weight is 487 g/mol. The molecule has 3 saturated heterocycles. The Labute approximate surface area is 205 Å². The lowest BCUT2D eigenvalue weighted by Crippen LogP contribution is -2.60. The van der Waals surface area contributed by atoms with Crippen LogP contribution < -0.4 is 0 Å². The number of thioether (sulfide) groups is 1. The van der Waals surface area contributed by atoms with Gasteiger partial charge in [0.1, 0.15) is 6.04 Å². The minimum absolute atomic E-state index is 0.173. The van der Waals surface area contributed by atoms with Gasteiger partial charge < -0.3 is 20.0 Å². The summed E-state index contributed by atoms with van der Waals surface area (Å²) >= 11 is 1.51. The molecule has 2 N–H and O–H groups in total. The molecule has 1 aromatic carbocycles. The van der Waals surface area contributed by atoms with E-state index in [9.17, 15) is 24.6 Å². The third-order valence-corrected chi connectivity index (χ3v) is 9.51. The molecule has 184 valence electrons. The van der Waals surface area contributed by atoms with Crippen molar-refractivity contribution in [1.29, 1.82) is 0 Å². The van der Waals surface area contributed by atoms with Crippen LogP contribution in [0.2, 0.25) is 0 Å². The predicted octanol–water partition coefficient (Wildman–Crippen LogP) is 2.58. The van der Waals surface area contributed by atoms with Crippen molar-refractivity contribution >= 4 is 29.5 Å². The highest BCUT2D eigenvalue weighted by molar-refractivity contribution is 8.02. The molecule has 2 unspecified atom stereocenters. The van der Waals surface area contributed by atoms with E-state index in [1.54, 1.807) is 15.9 Å². The van der Waals surface area contributed by atoms with Crippen LogP contribution in [0.1, 0.15) is 39.2 Å². The van der Waals surface area contributed by atoms with Gasteiger partial charge in [-0.05, 0) is 45.6 Å². The Hall–Kier alpha value is -2.32. The van der Waals surface area contributed by atoms with Gasteiger partial charge in [0.05, 0.1) is 29.2 Å². The van der Waals surface area contributed by atoms with Crippen molar-refractivity contribution in [2.45, 2.75) is 67.7 Å². The second-order valence-corrected chi connectivity index (χ2v) is 12.2. The molecule has 1 aromatic rings. The summed E-state index contributed by atoms with van der Waals surface area (Å²) in [6, 6.07) is 8.10. The van der Waals surface area contributed by atoms with Crippen molar-refractivity contribution in [3.63, 3.8) is 0 Å². The summed E-state index contributed by atoms with van der Waals surface area (Å²) in [5.41, 5.74) is 0.427. The van der Waals surface area contributed by atoms with E-state index in [-0.39, 0.29) is 23.7 Å². The van der Waals surface area contributed by atoms with Gasteiger partial charge in [-0.3, -0.25) is 14.4 Å². The Balaban J connectivity index is 1.81. The summed E-state index contributed by atoms with van der Waals surface area (Å²) in [4.78, 5) is 43.7. The number of benzene rings is 1. The fraction of sp³-hybridized carbons (Fsp3) is 0.577. The Morgan fingerprint density at radius 1 is 1.32 bits per heavy atom. The Kier molecular flexibility index (Phi) is 6.59. The zero-order chi connectivity index (χ0) is 24.8. The van der Waals surface area contributed by atoms with E-state index in [0.717, 1.165) is 5.56 Å². The van der Waals surface area contributed by atoms with Crippen LogP contribution in [-0.4, -0.2) is 78.6 Å². The van der Waals surface area contributed by atoms with E-state index >= 15 is 0 Å². The molecule has 1 spiro atoms. The molecule has 7 nitrogen and oxygen atoms in total. The van der Waals surface area contributed by atoms with Gasteiger partial charge in [0.15, 0.2) is 0 Å². The molecule has 0 aromatic heterocycles. The van der Waals surface area contributed by atoms with Crippen molar-refractivity contribution in [1.82, 2.24) is 9.80 Å². The van der Waals surface area contributed by atoms with E-state index in [1.807, 2.05) is 51.1 Å². The molecular weight excluding hydrogens is 452 g/mol. The van der Waals surface area contributed by atoms with Gasteiger partial charge in [0, 0.05) is 17.3 Å². The van der Waals surface area contributed by atoms with Gasteiger partial charge in [-0.1, -0.05) is 36.4 Å². The molecule has 8 heteroatoms. The molecule has 4 rings (SSSR count). The quantitative estimate of drug-likeness (QED) is 0.548. The minimum atomic E-state index is -0.979. The van der Waals surface area contributed by atoms with E-state index < -0.39 is 40.2 Å². The van der Waals surface area contributed by atoms with Gasteiger partial charge >= 0.3 is 5.97 Å². The molecule has 6 atom stereocenters. The Morgan fingerprint density at radius 3 is 2.56 bits per heavy atom. The molecule has 34 heavy (non-hydrogen) atoms. The average Bonchev–Trinajstić information content (AvgIpc) is 3.42. The first-order valence-corrected chi connectivity index (χ1v) is 12.7. The largest absolute Gasteiger partial charge is 0.481 e. The number of aliphatic hydroxyl groups excluding tert-OH is 1. The monoisotopic (exact) mass is 486 g/mol. The number of nitrogens with zero attached hydrogens (tertiary/aromatic N) is 2. The first kappa shape index (κ1) is 24.8. The highest BCUT2D eigenvalue weighted by atomic mass is 32.2. The number of likely N-dealkylation sites (tertiary alicyclic amines) is 1. The number of hydrogen-bond donors (Lipinski definition) is 2. The summed E-state index contributed by atoms with van der Waals surface area (Å²) < 4.78 is -0.795. The van der Waals surface area contributed by atoms with Gasteiger partial charge in [-0.25, -0.2) is 0 Å². The number of amides is 2. The van der Waals surface area contributed by atoms with Crippen molar-refractivity contribution < 1.29 is 24.6 Å². The minimum Gasteiger partial charge on any atom is -0.481 e. The Morgan fingerprint density at radius 2 is 2.00 bits per heavy atom. The third-order valence-electron chi connectivity index (χ3n) is 7.56.